The summed E-state index contributed by atoms with van der Waals surface area (Å²) in [6.07, 6.45) is 3.52. The van der Waals surface area contributed by atoms with E-state index in [0.717, 1.165) is 48.2 Å². The second-order valence-corrected chi connectivity index (χ2v) is 7.59. The lowest BCUT2D eigenvalue weighted by atomic mass is 10.1. The number of carbonyl (C=O) groups excluding carboxylic acids is 1. The number of carbonyl (C=O) groups is 1. The van der Waals surface area contributed by atoms with Gasteiger partial charge < -0.3 is 14.4 Å². The fourth-order valence-corrected chi connectivity index (χ4v) is 4.18. The summed E-state index contributed by atoms with van der Waals surface area (Å²) in [6, 6.07) is 17.0. The highest BCUT2D eigenvalue weighted by molar-refractivity contribution is 6.07. The first-order valence-electron chi connectivity index (χ1n) is 11.4. The molecule has 1 aromatic heterocycles. The van der Waals surface area contributed by atoms with Gasteiger partial charge in [-0.25, -0.2) is 0 Å². The van der Waals surface area contributed by atoms with E-state index in [-0.39, 0.29) is 11.5 Å². The summed E-state index contributed by atoms with van der Waals surface area (Å²) >= 11 is 0. The number of aromatic nitrogens is 1. The molecule has 4 rings (SSSR count). The summed E-state index contributed by atoms with van der Waals surface area (Å²) in [4.78, 5) is 29.6. The van der Waals surface area contributed by atoms with Crippen molar-refractivity contribution in [3.8, 4) is 0 Å². The van der Waals surface area contributed by atoms with E-state index >= 15 is 0 Å². The minimum Gasteiger partial charge on any atom is -0.371 e. The van der Waals surface area contributed by atoms with Crippen molar-refractivity contribution in [1.82, 2.24) is 4.57 Å². The molecular formula is C26H33N3O2. The predicted molar refractivity (Wildman–Crippen MR) is 130 cm³/mol. The number of benzene rings is 2. The number of hydrogen-bond donors (Lipinski definition) is 0. The Morgan fingerprint density at radius 2 is 1.65 bits per heavy atom. The topological polar surface area (TPSA) is 45.6 Å². The molecule has 2 heterocycles. The SMILES string of the molecule is CC.CCn1c(=O)cc(N2CCCCC2)c2cc(N(C)C(=O)c3ccccc3)ccc21. The van der Waals surface area contributed by atoms with Crippen molar-refractivity contribution < 1.29 is 4.79 Å². The molecule has 1 amide bonds. The van der Waals surface area contributed by atoms with E-state index in [4.69, 9.17) is 0 Å². The summed E-state index contributed by atoms with van der Waals surface area (Å²) < 4.78 is 1.80. The van der Waals surface area contributed by atoms with Gasteiger partial charge in [-0.15, -0.1) is 0 Å². The molecule has 31 heavy (non-hydrogen) atoms. The van der Waals surface area contributed by atoms with Crippen LogP contribution in [0.1, 0.15) is 50.4 Å². The molecule has 0 bridgehead atoms. The number of anilines is 2. The molecule has 0 atom stereocenters. The molecule has 2 aromatic carbocycles. The Hall–Kier alpha value is -3.08. The van der Waals surface area contributed by atoms with E-state index in [9.17, 15) is 9.59 Å². The molecular weight excluding hydrogens is 386 g/mol. The van der Waals surface area contributed by atoms with Crippen LogP contribution in [0.2, 0.25) is 0 Å². The molecule has 1 fully saturated rings. The van der Waals surface area contributed by atoms with Gasteiger partial charge in [0.1, 0.15) is 0 Å². The van der Waals surface area contributed by atoms with Crippen LogP contribution >= 0.6 is 0 Å². The molecule has 0 saturated carbocycles. The minimum atomic E-state index is -0.0479. The third-order valence-corrected chi connectivity index (χ3v) is 5.80. The van der Waals surface area contributed by atoms with Crippen molar-refractivity contribution in [2.45, 2.75) is 46.6 Å². The van der Waals surface area contributed by atoms with Gasteiger partial charge in [0.05, 0.1) is 11.2 Å². The quantitative estimate of drug-likeness (QED) is 0.575. The summed E-state index contributed by atoms with van der Waals surface area (Å²) in [7, 11) is 1.80. The molecule has 0 aliphatic carbocycles. The number of pyridine rings is 1. The van der Waals surface area contributed by atoms with Gasteiger partial charge in [-0.2, -0.15) is 0 Å². The van der Waals surface area contributed by atoms with Crippen LogP contribution < -0.4 is 15.4 Å². The summed E-state index contributed by atoms with van der Waals surface area (Å²) in [6.45, 7) is 8.54. The molecule has 1 saturated heterocycles. The van der Waals surface area contributed by atoms with Gasteiger partial charge in [0.15, 0.2) is 0 Å². The van der Waals surface area contributed by atoms with Crippen molar-refractivity contribution in [1.29, 1.82) is 0 Å². The number of fused-ring (bicyclic) bond motifs is 1. The number of piperidine rings is 1. The monoisotopic (exact) mass is 419 g/mol. The predicted octanol–water partition coefficient (Wildman–Crippen LogP) is 5.31. The molecule has 1 aliphatic rings. The van der Waals surface area contributed by atoms with E-state index in [1.807, 2.05) is 69.3 Å². The third-order valence-electron chi connectivity index (χ3n) is 5.80. The lowest BCUT2D eigenvalue weighted by Crippen LogP contribution is -2.32. The average molecular weight is 420 g/mol. The zero-order chi connectivity index (χ0) is 22.4. The van der Waals surface area contributed by atoms with Crippen molar-refractivity contribution in [3.63, 3.8) is 0 Å². The number of nitrogens with zero attached hydrogens (tertiary/aromatic N) is 3. The molecule has 164 valence electrons. The summed E-state index contributed by atoms with van der Waals surface area (Å²) in [5.74, 6) is -0.0479. The lowest BCUT2D eigenvalue weighted by Gasteiger charge is -2.30. The fraction of sp³-hybridized carbons (Fsp3) is 0.385. The van der Waals surface area contributed by atoms with Crippen molar-refractivity contribution in [2.75, 3.05) is 29.9 Å². The van der Waals surface area contributed by atoms with Crippen LogP contribution in [0, 0.1) is 0 Å². The fourth-order valence-electron chi connectivity index (χ4n) is 4.18. The maximum atomic E-state index is 12.9. The van der Waals surface area contributed by atoms with E-state index in [1.165, 1.54) is 6.42 Å². The Kier molecular flexibility index (Phi) is 7.50. The van der Waals surface area contributed by atoms with Crippen molar-refractivity contribution in [2.24, 2.45) is 0 Å². The molecule has 0 unspecified atom stereocenters. The Balaban J connectivity index is 0.00000132. The van der Waals surface area contributed by atoms with E-state index in [0.29, 0.717) is 12.1 Å². The highest BCUT2D eigenvalue weighted by Gasteiger charge is 2.19. The number of rotatable bonds is 4. The zero-order valence-electron chi connectivity index (χ0n) is 19.1. The lowest BCUT2D eigenvalue weighted by molar-refractivity contribution is 0.0993. The Morgan fingerprint density at radius 1 is 0.968 bits per heavy atom. The maximum absolute atomic E-state index is 12.9. The average Bonchev–Trinajstić information content (AvgIpc) is 2.84. The highest BCUT2D eigenvalue weighted by atomic mass is 16.2. The van der Waals surface area contributed by atoms with Crippen LogP contribution in [0.3, 0.4) is 0 Å². The second-order valence-electron chi connectivity index (χ2n) is 7.59. The summed E-state index contributed by atoms with van der Waals surface area (Å²) in [5.41, 5.74) is 3.42. The highest BCUT2D eigenvalue weighted by Crippen LogP contribution is 2.31. The minimum absolute atomic E-state index is 0.0297. The first kappa shape index (κ1) is 22.6. The first-order valence-corrected chi connectivity index (χ1v) is 11.4. The maximum Gasteiger partial charge on any atom is 0.258 e. The van der Waals surface area contributed by atoms with Crippen molar-refractivity contribution >= 4 is 28.2 Å². The number of hydrogen-bond acceptors (Lipinski definition) is 3. The molecule has 0 spiro atoms. The van der Waals surface area contributed by atoms with Crippen LogP contribution in [0.5, 0.6) is 0 Å². The molecule has 5 heteroatoms. The largest absolute Gasteiger partial charge is 0.371 e. The number of amides is 1. The molecule has 3 aromatic rings. The Bertz CT molecular complexity index is 1080. The number of aryl methyl sites for hydroxylation is 1. The van der Waals surface area contributed by atoms with Crippen LogP contribution in [-0.4, -0.2) is 30.6 Å². The van der Waals surface area contributed by atoms with Crippen molar-refractivity contribution in [3.05, 3.63) is 70.5 Å². The van der Waals surface area contributed by atoms with E-state index in [1.54, 1.807) is 22.6 Å². The zero-order valence-corrected chi connectivity index (χ0v) is 19.1. The smallest absolute Gasteiger partial charge is 0.258 e. The van der Waals surface area contributed by atoms with Crippen LogP contribution in [0.4, 0.5) is 11.4 Å². The van der Waals surface area contributed by atoms with E-state index < -0.39 is 0 Å². The molecule has 0 N–H and O–H groups in total. The van der Waals surface area contributed by atoms with E-state index in [2.05, 4.69) is 4.90 Å². The molecule has 5 nitrogen and oxygen atoms in total. The standard InChI is InChI=1S/C24H27N3O2.C2H6/c1-3-27-21-13-12-19(25(2)24(29)18-10-6-4-7-11-18)16-20(21)22(17-23(27)28)26-14-8-5-9-15-26;1-2/h4,6-7,10-13,16-17H,3,5,8-9,14-15H2,1-2H3;1-2H3. The second kappa shape index (κ2) is 10.3. The first-order chi connectivity index (χ1) is 15.1. The molecule has 0 radical (unpaired) electrons. The van der Waals surface area contributed by atoms with Crippen LogP contribution in [-0.2, 0) is 6.54 Å². The van der Waals surface area contributed by atoms with Gasteiger partial charge in [0, 0.05) is 49.4 Å². The van der Waals surface area contributed by atoms with Gasteiger partial charge in [-0.1, -0.05) is 32.0 Å². The van der Waals surface area contributed by atoms with Crippen LogP contribution in [0.25, 0.3) is 10.9 Å². The third kappa shape index (κ3) is 4.66. The summed E-state index contributed by atoms with van der Waals surface area (Å²) in [5, 5.41) is 1.03. The van der Waals surface area contributed by atoms with Gasteiger partial charge in [0.2, 0.25) is 0 Å². The van der Waals surface area contributed by atoms with Gasteiger partial charge in [-0.05, 0) is 56.5 Å². The Labute approximate surface area is 184 Å². The van der Waals surface area contributed by atoms with Crippen LogP contribution in [0.15, 0.2) is 59.4 Å². The Morgan fingerprint density at radius 3 is 2.29 bits per heavy atom. The normalized spacial score (nSPS) is 13.5. The van der Waals surface area contributed by atoms with Gasteiger partial charge in [-0.3, -0.25) is 9.59 Å². The van der Waals surface area contributed by atoms with Gasteiger partial charge >= 0.3 is 0 Å². The molecule has 1 aliphatic heterocycles. The van der Waals surface area contributed by atoms with Gasteiger partial charge in [0.25, 0.3) is 11.5 Å².